The molecule has 0 aliphatic carbocycles. The van der Waals surface area contributed by atoms with Gasteiger partial charge in [-0.25, -0.2) is 4.68 Å². The van der Waals surface area contributed by atoms with Gasteiger partial charge in [0, 0.05) is 0 Å². The number of piperidine rings is 1. The van der Waals surface area contributed by atoms with E-state index in [1.165, 1.54) is 0 Å². The molecule has 1 atom stereocenters. The van der Waals surface area contributed by atoms with E-state index in [1.807, 2.05) is 22.9 Å². The van der Waals surface area contributed by atoms with Crippen LogP contribution < -0.4 is 10.6 Å². The molecule has 2 aromatic rings. The van der Waals surface area contributed by atoms with E-state index in [4.69, 9.17) is 0 Å². The second-order valence-electron chi connectivity index (χ2n) is 7.13. The first-order valence-electron chi connectivity index (χ1n) is 9.12. The summed E-state index contributed by atoms with van der Waals surface area (Å²) in [5.41, 5.74) is 1.51. The van der Waals surface area contributed by atoms with Crippen LogP contribution in [0.3, 0.4) is 0 Å². The average Bonchev–Trinajstić information content (AvgIpc) is 3.12. The van der Waals surface area contributed by atoms with Gasteiger partial charge in [0.2, 0.25) is 0 Å². The van der Waals surface area contributed by atoms with E-state index in [-0.39, 0.29) is 11.9 Å². The first-order valence-corrected chi connectivity index (χ1v) is 9.12. The van der Waals surface area contributed by atoms with Crippen LogP contribution in [0.1, 0.15) is 61.2 Å². The summed E-state index contributed by atoms with van der Waals surface area (Å²) in [7, 11) is 0. The lowest BCUT2D eigenvalue weighted by Gasteiger charge is -2.22. The van der Waals surface area contributed by atoms with E-state index >= 15 is 0 Å². The fourth-order valence-corrected chi connectivity index (χ4v) is 3.30. The van der Waals surface area contributed by atoms with Gasteiger partial charge in [0.05, 0.1) is 18.3 Å². The van der Waals surface area contributed by atoms with Crippen LogP contribution in [0.4, 0.5) is 0 Å². The highest BCUT2D eigenvalue weighted by Gasteiger charge is 2.21. The van der Waals surface area contributed by atoms with Crippen molar-refractivity contribution < 1.29 is 4.79 Å². The Morgan fingerprint density at radius 1 is 1.28 bits per heavy atom. The van der Waals surface area contributed by atoms with E-state index in [0.29, 0.717) is 17.7 Å². The lowest BCUT2D eigenvalue weighted by Crippen LogP contribution is -2.30. The zero-order valence-electron chi connectivity index (χ0n) is 15.0. The lowest BCUT2D eigenvalue weighted by molar-refractivity contribution is 0.0926. The first kappa shape index (κ1) is 17.6. The Bertz CT molecular complexity index is 676. The molecule has 3 rings (SSSR count). The quantitative estimate of drug-likeness (QED) is 0.847. The smallest absolute Gasteiger partial charge is 0.273 e. The minimum atomic E-state index is -0.158. The molecule has 0 spiro atoms. The van der Waals surface area contributed by atoms with Gasteiger partial charge in [0.1, 0.15) is 0 Å². The molecule has 1 aliphatic heterocycles. The van der Waals surface area contributed by atoms with Gasteiger partial charge in [-0.1, -0.05) is 49.4 Å². The molecule has 1 saturated heterocycles. The number of aromatic nitrogens is 3. The number of hydrogen-bond donors (Lipinski definition) is 2. The summed E-state index contributed by atoms with van der Waals surface area (Å²) >= 11 is 0. The van der Waals surface area contributed by atoms with Crippen molar-refractivity contribution in [2.45, 2.75) is 45.2 Å². The van der Waals surface area contributed by atoms with Gasteiger partial charge >= 0.3 is 0 Å². The average molecular weight is 341 g/mol. The van der Waals surface area contributed by atoms with Crippen molar-refractivity contribution >= 4 is 5.91 Å². The number of carbonyl (C=O) groups excluding carboxylic acids is 1. The molecule has 6 nitrogen and oxygen atoms in total. The molecule has 1 aromatic heterocycles. The van der Waals surface area contributed by atoms with Crippen LogP contribution in [0.2, 0.25) is 0 Å². The minimum absolute atomic E-state index is 0.0160. The molecule has 1 aliphatic rings. The maximum atomic E-state index is 12.7. The van der Waals surface area contributed by atoms with E-state index in [9.17, 15) is 4.79 Å². The lowest BCUT2D eigenvalue weighted by atomic mass is 9.97. The van der Waals surface area contributed by atoms with E-state index in [0.717, 1.165) is 37.9 Å². The number of benzene rings is 1. The number of nitrogens with one attached hydrogen (secondary N) is 2. The zero-order chi connectivity index (χ0) is 17.6. The van der Waals surface area contributed by atoms with Gasteiger partial charge in [-0.15, -0.1) is 5.10 Å². The van der Waals surface area contributed by atoms with Crippen LogP contribution in [0.15, 0.2) is 36.5 Å². The fourth-order valence-electron chi connectivity index (χ4n) is 3.30. The van der Waals surface area contributed by atoms with Gasteiger partial charge < -0.3 is 10.6 Å². The van der Waals surface area contributed by atoms with Gasteiger partial charge in [-0.05, 0) is 43.8 Å². The van der Waals surface area contributed by atoms with Crippen molar-refractivity contribution in [2.75, 3.05) is 13.1 Å². The molecule has 1 fully saturated rings. The predicted molar refractivity (Wildman–Crippen MR) is 97.3 cm³/mol. The summed E-state index contributed by atoms with van der Waals surface area (Å²) in [6.07, 6.45) is 4.70. The van der Waals surface area contributed by atoms with Crippen LogP contribution in [0.25, 0.3) is 0 Å². The molecule has 2 heterocycles. The van der Waals surface area contributed by atoms with E-state index in [1.54, 1.807) is 6.20 Å². The third-order valence-corrected chi connectivity index (χ3v) is 4.64. The molecule has 6 heteroatoms. The molecule has 0 bridgehead atoms. The maximum Gasteiger partial charge on any atom is 0.273 e. The highest BCUT2D eigenvalue weighted by molar-refractivity contribution is 5.92. The van der Waals surface area contributed by atoms with Gasteiger partial charge in [0.15, 0.2) is 5.69 Å². The number of rotatable bonds is 6. The summed E-state index contributed by atoms with van der Waals surface area (Å²) < 4.78 is 1.84. The Hall–Kier alpha value is -2.21. The van der Waals surface area contributed by atoms with Crippen LogP contribution in [-0.4, -0.2) is 34.0 Å². The molecule has 0 radical (unpaired) electrons. The molecule has 25 heavy (non-hydrogen) atoms. The summed E-state index contributed by atoms with van der Waals surface area (Å²) in [5.74, 6) is 0.325. The molecular weight excluding hydrogens is 314 g/mol. The summed E-state index contributed by atoms with van der Waals surface area (Å²) in [4.78, 5) is 12.7. The highest BCUT2D eigenvalue weighted by atomic mass is 16.2. The summed E-state index contributed by atoms with van der Waals surface area (Å²) in [5, 5.41) is 14.7. The zero-order valence-corrected chi connectivity index (χ0v) is 15.0. The molecule has 1 aromatic carbocycles. The van der Waals surface area contributed by atoms with Crippen molar-refractivity contribution in [3.05, 3.63) is 47.8 Å². The van der Waals surface area contributed by atoms with Gasteiger partial charge in [-0.3, -0.25) is 4.79 Å². The third kappa shape index (κ3) is 4.66. The first-order chi connectivity index (χ1) is 12.1. The molecule has 1 unspecified atom stereocenters. The number of nitrogens with zero attached hydrogens (tertiary/aromatic N) is 3. The standard InChI is InChI=1S/C19H27N5O/c1-14(2)12-17(15-6-4-3-5-7-15)21-19(25)18-13-24(23-22-18)16-8-10-20-11-9-16/h3-7,13-14,16-17,20H,8-12H2,1-2H3,(H,21,25). The van der Waals surface area contributed by atoms with Crippen LogP contribution in [0, 0.1) is 5.92 Å². The van der Waals surface area contributed by atoms with Crippen molar-refractivity contribution in [1.82, 2.24) is 25.6 Å². The molecule has 1 amide bonds. The summed E-state index contributed by atoms with van der Waals surface area (Å²) in [6.45, 7) is 6.29. The molecule has 0 saturated carbocycles. The Morgan fingerprint density at radius 2 is 2.00 bits per heavy atom. The Labute approximate surface area is 149 Å². The Morgan fingerprint density at radius 3 is 2.68 bits per heavy atom. The van der Waals surface area contributed by atoms with Crippen molar-refractivity contribution in [3.63, 3.8) is 0 Å². The highest BCUT2D eigenvalue weighted by Crippen LogP contribution is 2.22. The monoisotopic (exact) mass is 341 g/mol. The van der Waals surface area contributed by atoms with E-state index < -0.39 is 0 Å². The van der Waals surface area contributed by atoms with Gasteiger partial charge in [0.25, 0.3) is 5.91 Å². The van der Waals surface area contributed by atoms with Crippen molar-refractivity contribution in [2.24, 2.45) is 5.92 Å². The van der Waals surface area contributed by atoms with Crippen LogP contribution >= 0.6 is 0 Å². The minimum Gasteiger partial charge on any atom is -0.344 e. The predicted octanol–water partition coefficient (Wildman–Crippen LogP) is 2.72. The van der Waals surface area contributed by atoms with Crippen molar-refractivity contribution in [1.29, 1.82) is 0 Å². The van der Waals surface area contributed by atoms with Gasteiger partial charge in [-0.2, -0.15) is 0 Å². The number of amides is 1. The topological polar surface area (TPSA) is 71.8 Å². The maximum absolute atomic E-state index is 12.7. The molecule has 2 N–H and O–H groups in total. The van der Waals surface area contributed by atoms with Crippen LogP contribution in [-0.2, 0) is 0 Å². The normalized spacial score (nSPS) is 16.8. The van der Waals surface area contributed by atoms with Crippen LogP contribution in [0.5, 0.6) is 0 Å². The Balaban J connectivity index is 1.69. The third-order valence-electron chi connectivity index (χ3n) is 4.64. The SMILES string of the molecule is CC(C)CC(NC(=O)c1cn(C2CCNCC2)nn1)c1ccccc1. The molecule has 134 valence electrons. The Kier molecular flexibility index (Phi) is 5.81. The number of hydrogen-bond acceptors (Lipinski definition) is 4. The fraction of sp³-hybridized carbons (Fsp3) is 0.526. The van der Waals surface area contributed by atoms with E-state index in [2.05, 4.69) is 46.9 Å². The second kappa shape index (κ2) is 8.25. The molecular formula is C19H27N5O. The largest absolute Gasteiger partial charge is 0.344 e. The second-order valence-corrected chi connectivity index (χ2v) is 7.13. The summed E-state index contributed by atoms with van der Waals surface area (Å²) in [6, 6.07) is 10.4. The van der Waals surface area contributed by atoms with Crippen molar-refractivity contribution in [3.8, 4) is 0 Å². The number of carbonyl (C=O) groups is 1.